The van der Waals surface area contributed by atoms with E-state index in [1.165, 1.54) is 4.68 Å². The highest BCUT2D eigenvalue weighted by Gasteiger charge is 2.27. The highest BCUT2D eigenvalue weighted by molar-refractivity contribution is 5.94. The van der Waals surface area contributed by atoms with Crippen LogP contribution in [0.3, 0.4) is 0 Å². The van der Waals surface area contributed by atoms with Crippen molar-refractivity contribution in [2.45, 2.75) is 32.2 Å². The van der Waals surface area contributed by atoms with Gasteiger partial charge < -0.3 is 20.5 Å². The second-order valence-electron chi connectivity index (χ2n) is 5.84. The molecule has 1 heterocycles. The summed E-state index contributed by atoms with van der Waals surface area (Å²) in [6, 6.07) is 6.97. The van der Waals surface area contributed by atoms with Crippen molar-refractivity contribution in [3.05, 3.63) is 41.2 Å². The van der Waals surface area contributed by atoms with Gasteiger partial charge in [0, 0.05) is 25.6 Å². The van der Waals surface area contributed by atoms with Crippen LogP contribution in [-0.2, 0) is 6.42 Å². The van der Waals surface area contributed by atoms with Gasteiger partial charge in [-0.15, -0.1) is 5.10 Å². The topological polar surface area (TPSA) is 115 Å². The number of aliphatic hydroxyl groups excluding tert-OH is 1. The quantitative estimate of drug-likeness (QED) is 0.535. The van der Waals surface area contributed by atoms with Gasteiger partial charge in [0.15, 0.2) is 5.69 Å². The summed E-state index contributed by atoms with van der Waals surface area (Å²) in [7, 11) is 0. The Bertz CT molecular complexity index is 778. The number of carbonyl (C=O) groups is 1. The average molecular weight is 342 g/mol. The first-order valence-corrected chi connectivity index (χ1v) is 8.32. The average Bonchev–Trinajstić information content (AvgIpc) is 3.32. The van der Waals surface area contributed by atoms with Crippen molar-refractivity contribution in [1.82, 2.24) is 20.3 Å². The van der Waals surface area contributed by atoms with Gasteiger partial charge >= 0.3 is 0 Å². The lowest BCUT2D eigenvalue weighted by Gasteiger charge is -2.12. The maximum absolute atomic E-state index is 12.3. The summed E-state index contributed by atoms with van der Waals surface area (Å²) in [5.74, 6) is -0.543. The third kappa shape index (κ3) is 3.85. The van der Waals surface area contributed by atoms with Gasteiger partial charge in [0.25, 0.3) is 5.91 Å². The van der Waals surface area contributed by atoms with Crippen molar-refractivity contribution in [2.75, 3.05) is 13.2 Å². The molecule has 3 rings (SSSR count). The van der Waals surface area contributed by atoms with E-state index in [-0.39, 0.29) is 36.6 Å². The zero-order chi connectivity index (χ0) is 17.8. The number of nitrogens with one attached hydrogen (secondary N) is 1. The number of carbonyl (C=O) groups excluding carboxylic acids is 1. The Labute approximate surface area is 145 Å². The molecule has 8 heteroatoms. The second-order valence-corrected chi connectivity index (χ2v) is 5.84. The summed E-state index contributed by atoms with van der Waals surface area (Å²) in [5, 5.41) is 32.0. The summed E-state index contributed by atoms with van der Waals surface area (Å²) >= 11 is 0. The first kappa shape index (κ1) is 17.1. The van der Waals surface area contributed by atoms with Crippen LogP contribution in [0.5, 0.6) is 0 Å². The molecule has 25 heavy (non-hydrogen) atoms. The molecule has 0 atom stereocenters. The maximum Gasteiger partial charge on any atom is 0.273 e. The molecule has 0 unspecified atom stereocenters. The third-order valence-corrected chi connectivity index (χ3v) is 3.90. The molecule has 132 valence electrons. The van der Waals surface area contributed by atoms with Gasteiger partial charge in [-0.25, -0.2) is 4.68 Å². The van der Waals surface area contributed by atoms with Crippen LogP contribution in [0.25, 0.3) is 5.69 Å². The minimum absolute atomic E-state index is 0.122. The number of nitrogens with zero attached hydrogens (tertiary/aromatic N) is 4. The van der Waals surface area contributed by atoms with Crippen LogP contribution < -0.4 is 10.4 Å². The standard InChI is InChI=1S/C17H21N5O3/c1-2-18-16(24)11-3-7-13(8-4-11)22-14(9-10-23)15(20-21-22)17(25)19-12-5-6-12/h3-4,7-8,12,23H,2,5-6,9-10H2,1H3,(H,18,24)(H,19,25)/p-1. The molecule has 2 aromatic rings. The fourth-order valence-corrected chi connectivity index (χ4v) is 2.48. The summed E-state index contributed by atoms with van der Waals surface area (Å²) in [6.45, 7) is 2.11. The molecule has 1 aromatic heterocycles. The molecule has 0 bridgehead atoms. The molecular formula is C17H20N5O3-. The van der Waals surface area contributed by atoms with E-state index < -0.39 is 0 Å². The molecule has 2 N–H and O–H groups in total. The van der Waals surface area contributed by atoms with Crippen LogP contribution in [-0.4, -0.2) is 51.1 Å². The molecular weight excluding hydrogens is 322 g/mol. The molecule has 1 aliphatic rings. The zero-order valence-corrected chi connectivity index (χ0v) is 14.0. The van der Waals surface area contributed by atoms with E-state index >= 15 is 0 Å². The summed E-state index contributed by atoms with van der Waals surface area (Å²) in [6.07, 6.45) is 2.22. The van der Waals surface area contributed by atoms with Crippen molar-refractivity contribution < 1.29 is 15.0 Å². The number of hydrogen-bond acceptors (Lipinski definition) is 6. The molecule has 0 saturated heterocycles. The Morgan fingerprint density at radius 1 is 1.40 bits per heavy atom. The number of rotatable bonds is 7. The summed E-state index contributed by atoms with van der Waals surface area (Å²) in [5.41, 5.74) is 1.91. The number of aliphatic imine (C=N–C) groups is 1. The molecule has 8 nitrogen and oxygen atoms in total. The van der Waals surface area contributed by atoms with Crippen LogP contribution in [0, 0.1) is 0 Å². The maximum atomic E-state index is 12.3. The lowest BCUT2D eigenvalue weighted by molar-refractivity contribution is -0.213. The number of aliphatic hydroxyl groups is 1. The summed E-state index contributed by atoms with van der Waals surface area (Å²) < 4.78 is 1.52. The Morgan fingerprint density at radius 2 is 2.12 bits per heavy atom. The number of hydrogen-bond donors (Lipinski definition) is 2. The molecule has 1 aromatic carbocycles. The summed E-state index contributed by atoms with van der Waals surface area (Å²) in [4.78, 5) is 16.1. The highest BCUT2D eigenvalue weighted by atomic mass is 16.3. The van der Waals surface area contributed by atoms with E-state index in [2.05, 4.69) is 20.6 Å². The third-order valence-electron chi connectivity index (χ3n) is 3.90. The van der Waals surface area contributed by atoms with Crippen LogP contribution in [0.2, 0.25) is 0 Å². The van der Waals surface area contributed by atoms with E-state index in [0.717, 1.165) is 12.8 Å². The monoisotopic (exact) mass is 342 g/mol. The molecule has 1 amide bonds. The molecule has 1 saturated carbocycles. The van der Waals surface area contributed by atoms with E-state index in [4.69, 9.17) is 0 Å². The number of benzene rings is 1. The van der Waals surface area contributed by atoms with Gasteiger partial charge in [0.1, 0.15) is 0 Å². The normalized spacial score (nSPS) is 14.6. The largest absolute Gasteiger partial charge is 0.858 e. The van der Waals surface area contributed by atoms with Crippen LogP contribution in [0.15, 0.2) is 29.3 Å². The van der Waals surface area contributed by atoms with Crippen molar-refractivity contribution in [3.63, 3.8) is 0 Å². The van der Waals surface area contributed by atoms with E-state index in [0.29, 0.717) is 23.5 Å². The minimum atomic E-state index is -0.272. The lowest BCUT2D eigenvalue weighted by Crippen LogP contribution is -2.27. The first-order chi connectivity index (χ1) is 12.1. The van der Waals surface area contributed by atoms with Crippen molar-refractivity contribution >= 4 is 11.8 Å². The van der Waals surface area contributed by atoms with Crippen LogP contribution in [0.4, 0.5) is 0 Å². The Morgan fingerprint density at radius 3 is 2.72 bits per heavy atom. The molecule has 0 aliphatic heterocycles. The van der Waals surface area contributed by atoms with Crippen molar-refractivity contribution in [1.29, 1.82) is 0 Å². The van der Waals surface area contributed by atoms with E-state index in [1.807, 2.05) is 0 Å². The SMILES string of the molecule is CCN=C([O-])c1ccc(-n2nnc(C(=O)NC3CC3)c2CCO)cc1. The van der Waals surface area contributed by atoms with Crippen LogP contribution >= 0.6 is 0 Å². The van der Waals surface area contributed by atoms with E-state index in [1.54, 1.807) is 31.2 Å². The zero-order valence-electron chi connectivity index (χ0n) is 14.0. The fourth-order valence-electron chi connectivity index (χ4n) is 2.48. The van der Waals surface area contributed by atoms with Gasteiger partial charge in [-0.3, -0.25) is 4.79 Å². The smallest absolute Gasteiger partial charge is 0.273 e. The fraction of sp³-hybridized carbons (Fsp3) is 0.412. The van der Waals surface area contributed by atoms with Gasteiger partial charge in [0.05, 0.1) is 11.4 Å². The lowest BCUT2D eigenvalue weighted by atomic mass is 10.2. The number of aromatic nitrogens is 3. The van der Waals surface area contributed by atoms with E-state index in [9.17, 15) is 15.0 Å². The van der Waals surface area contributed by atoms with Gasteiger partial charge in [0.2, 0.25) is 0 Å². The van der Waals surface area contributed by atoms with Crippen molar-refractivity contribution in [2.24, 2.45) is 4.99 Å². The first-order valence-electron chi connectivity index (χ1n) is 8.32. The van der Waals surface area contributed by atoms with Gasteiger partial charge in [-0.1, -0.05) is 17.3 Å². The van der Waals surface area contributed by atoms with Gasteiger partial charge in [-0.2, -0.15) is 0 Å². The Balaban J connectivity index is 1.89. The highest BCUT2D eigenvalue weighted by Crippen LogP contribution is 2.20. The predicted molar refractivity (Wildman–Crippen MR) is 89.7 cm³/mol. The second kappa shape index (κ2) is 7.43. The molecule has 1 aliphatic carbocycles. The molecule has 0 radical (unpaired) electrons. The minimum Gasteiger partial charge on any atom is -0.858 e. The Kier molecular flexibility index (Phi) is 5.08. The molecule has 1 fully saturated rings. The van der Waals surface area contributed by atoms with Crippen LogP contribution in [0.1, 0.15) is 41.5 Å². The van der Waals surface area contributed by atoms with Crippen molar-refractivity contribution in [3.8, 4) is 5.69 Å². The predicted octanol–water partition coefficient (Wildman–Crippen LogP) is -0.179. The van der Waals surface area contributed by atoms with Gasteiger partial charge in [-0.05, 0) is 43.4 Å². The Hall–Kier alpha value is -2.74. The number of amides is 1. The molecule has 0 spiro atoms.